The van der Waals surface area contributed by atoms with Crippen LogP contribution in [0, 0.1) is 18.6 Å². The van der Waals surface area contributed by atoms with E-state index in [-0.39, 0.29) is 29.3 Å². The number of aromatic hydroxyl groups is 2. The lowest BCUT2D eigenvalue weighted by Crippen LogP contribution is -2.03. The molecule has 3 N–H and O–H groups in total. The molecule has 0 amide bonds. The van der Waals surface area contributed by atoms with E-state index in [2.05, 4.69) is 5.32 Å². The molecule has 2 rings (SSSR count). The summed E-state index contributed by atoms with van der Waals surface area (Å²) < 4.78 is 26.9. The number of halogens is 2. The molecule has 3 nitrogen and oxygen atoms in total. The summed E-state index contributed by atoms with van der Waals surface area (Å²) in [6.07, 6.45) is 0. The van der Waals surface area contributed by atoms with E-state index in [0.717, 1.165) is 12.1 Å². The summed E-state index contributed by atoms with van der Waals surface area (Å²) in [6, 6.07) is 6.62. The molecule has 0 aliphatic rings. The number of para-hydroxylation sites is 1. The minimum absolute atomic E-state index is 0.00541. The first kappa shape index (κ1) is 13.1. The van der Waals surface area contributed by atoms with Gasteiger partial charge in [-0.3, -0.25) is 0 Å². The van der Waals surface area contributed by atoms with Crippen LogP contribution >= 0.6 is 0 Å². The number of nitrogens with one attached hydrogen (secondary N) is 1. The van der Waals surface area contributed by atoms with E-state index in [1.807, 2.05) is 0 Å². The third-order valence-corrected chi connectivity index (χ3v) is 2.82. The number of anilines is 1. The Kier molecular flexibility index (Phi) is 3.55. The maximum Gasteiger partial charge on any atom is 0.162 e. The number of phenols is 2. The van der Waals surface area contributed by atoms with Crippen molar-refractivity contribution in [3.8, 4) is 11.5 Å². The summed E-state index contributed by atoms with van der Waals surface area (Å²) in [7, 11) is 0. The molecule has 5 heteroatoms. The highest BCUT2D eigenvalue weighted by Gasteiger charge is 2.09. The average molecular weight is 265 g/mol. The van der Waals surface area contributed by atoms with Gasteiger partial charge in [-0.15, -0.1) is 0 Å². The summed E-state index contributed by atoms with van der Waals surface area (Å²) in [5.41, 5.74) is 0.620. The molecule has 0 fully saturated rings. The van der Waals surface area contributed by atoms with E-state index in [9.17, 15) is 19.0 Å². The van der Waals surface area contributed by atoms with E-state index in [1.54, 1.807) is 12.1 Å². The van der Waals surface area contributed by atoms with Gasteiger partial charge in [0.1, 0.15) is 11.6 Å². The predicted octanol–water partition coefficient (Wildman–Crippen LogP) is 3.30. The number of aryl methyl sites for hydroxylation is 1. The SMILES string of the molecule is Cc1cc(F)c(NCc2cccc(O)c2O)cc1F. The van der Waals surface area contributed by atoms with Crippen molar-refractivity contribution in [2.75, 3.05) is 5.32 Å². The second kappa shape index (κ2) is 5.14. The van der Waals surface area contributed by atoms with Crippen molar-refractivity contribution in [1.29, 1.82) is 0 Å². The first-order chi connectivity index (χ1) is 8.99. The zero-order valence-electron chi connectivity index (χ0n) is 10.2. The van der Waals surface area contributed by atoms with Gasteiger partial charge in [-0.2, -0.15) is 0 Å². The van der Waals surface area contributed by atoms with Gasteiger partial charge in [0.2, 0.25) is 0 Å². The molecule has 19 heavy (non-hydrogen) atoms. The Bertz CT molecular complexity index is 615. The molecule has 0 aliphatic heterocycles. The summed E-state index contributed by atoms with van der Waals surface area (Å²) in [6.45, 7) is 1.54. The number of phenolic OH excluding ortho intramolecular Hbond substituents is 2. The van der Waals surface area contributed by atoms with Crippen LogP contribution in [0.2, 0.25) is 0 Å². The van der Waals surface area contributed by atoms with Gasteiger partial charge in [0.05, 0.1) is 5.69 Å². The molecular weight excluding hydrogens is 252 g/mol. The molecular formula is C14H13F2NO2. The van der Waals surface area contributed by atoms with E-state index in [1.165, 1.54) is 13.0 Å². The molecule has 2 aromatic carbocycles. The topological polar surface area (TPSA) is 52.5 Å². The van der Waals surface area contributed by atoms with E-state index in [0.29, 0.717) is 5.56 Å². The van der Waals surface area contributed by atoms with Gasteiger partial charge in [0, 0.05) is 18.2 Å². The van der Waals surface area contributed by atoms with Crippen LogP contribution in [0.4, 0.5) is 14.5 Å². The lowest BCUT2D eigenvalue weighted by molar-refractivity contribution is 0.400. The van der Waals surface area contributed by atoms with Crippen LogP contribution in [0.3, 0.4) is 0 Å². The monoisotopic (exact) mass is 265 g/mol. The highest BCUT2D eigenvalue weighted by molar-refractivity contribution is 5.50. The molecule has 0 atom stereocenters. The Labute approximate surface area is 109 Å². The highest BCUT2D eigenvalue weighted by atomic mass is 19.1. The van der Waals surface area contributed by atoms with Crippen LogP contribution in [0.5, 0.6) is 11.5 Å². The summed E-state index contributed by atoms with van der Waals surface area (Å²) in [5, 5.41) is 21.6. The Hall–Kier alpha value is -2.30. The summed E-state index contributed by atoms with van der Waals surface area (Å²) in [4.78, 5) is 0. The molecule has 0 aliphatic carbocycles. The third kappa shape index (κ3) is 2.76. The number of benzene rings is 2. The first-order valence-corrected chi connectivity index (χ1v) is 5.68. The van der Waals surface area contributed by atoms with Crippen molar-refractivity contribution in [2.45, 2.75) is 13.5 Å². The molecule has 2 aromatic rings. The third-order valence-electron chi connectivity index (χ3n) is 2.82. The van der Waals surface area contributed by atoms with Crippen LogP contribution in [-0.4, -0.2) is 10.2 Å². The van der Waals surface area contributed by atoms with E-state index in [4.69, 9.17) is 0 Å². The van der Waals surface area contributed by atoms with Gasteiger partial charge < -0.3 is 15.5 Å². The maximum absolute atomic E-state index is 13.6. The Balaban J connectivity index is 2.19. The normalized spacial score (nSPS) is 10.5. The Morgan fingerprint density at radius 1 is 1.11 bits per heavy atom. The fraction of sp³-hybridized carbons (Fsp3) is 0.143. The van der Waals surface area contributed by atoms with Crippen LogP contribution in [0.1, 0.15) is 11.1 Å². The molecule has 0 bridgehead atoms. The predicted molar refractivity (Wildman–Crippen MR) is 68.2 cm³/mol. The van der Waals surface area contributed by atoms with Crippen molar-refractivity contribution < 1.29 is 19.0 Å². The molecule has 0 aromatic heterocycles. The molecule has 0 saturated heterocycles. The van der Waals surface area contributed by atoms with Crippen molar-refractivity contribution in [3.05, 3.63) is 53.1 Å². The van der Waals surface area contributed by atoms with Gasteiger partial charge in [-0.25, -0.2) is 8.78 Å². The molecule has 0 radical (unpaired) electrons. The van der Waals surface area contributed by atoms with Gasteiger partial charge in [0.15, 0.2) is 11.5 Å². The summed E-state index contributed by atoms with van der Waals surface area (Å²) in [5.74, 6) is -1.61. The molecule has 0 heterocycles. The molecule has 0 saturated carbocycles. The average Bonchev–Trinajstić information content (AvgIpc) is 2.37. The zero-order chi connectivity index (χ0) is 14.0. The van der Waals surface area contributed by atoms with Crippen molar-refractivity contribution in [1.82, 2.24) is 0 Å². The van der Waals surface area contributed by atoms with Crippen molar-refractivity contribution >= 4 is 5.69 Å². The van der Waals surface area contributed by atoms with Gasteiger partial charge in [0.25, 0.3) is 0 Å². The largest absolute Gasteiger partial charge is 0.504 e. The minimum atomic E-state index is -0.571. The number of hydrogen-bond acceptors (Lipinski definition) is 3. The quantitative estimate of drug-likeness (QED) is 0.746. The van der Waals surface area contributed by atoms with Gasteiger partial charge in [-0.1, -0.05) is 12.1 Å². The molecule has 0 spiro atoms. The Morgan fingerprint density at radius 3 is 2.58 bits per heavy atom. The maximum atomic E-state index is 13.6. The fourth-order valence-electron chi connectivity index (χ4n) is 1.69. The first-order valence-electron chi connectivity index (χ1n) is 5.68. The van der Waals surface area contributed by atoms with Crippen LogP contribution in [0.15, 0.2) is 30.3 Å². The molecule has 100 valence electrons. The Morgan fingerprint density at radius 2 is 1.84 bits per heavy atom. The van der Waals surface area contributed by atoms with Gasteiger partial charge >= 0.3 is 0 Å². The second-order valence-corrected chi connectivity index (χ2v) is 4.22. The smallest absolute Gasteiger partial charge is 0.162 e. The van der Waals surface area contributed by atoms with Crippen LogP contribution in [-0.2, 0) is 6.54 Å². The number of hydrogen-bond donors (Lipinski definition) is 3. The standard InChI is InChI=1S/C14H13F2NO2/c1-8-5-11(16)12(6-10(8)15)17-7-9-3-2-4-13(18)14(9)19/h2-6,17-19H,7H2,1H3. The van der Waals surface area contributed by atoms with E-state index < -0.39 is 11.6 Å². The van der Waals surface area contributed by atoms with Crippen molar-refractivity contribution in [2.24, 2.45) is 0 Å². The highest BCUT2D eigenvalue weighted by Crippen LogP contribution is 2.29. The van der Waals surface area contributed by atoms with Crippen molar-refractivity contribution in [3.63, 3.8) is 0 Å². The minimum Gasteiger partial charge on any atom is -0.504 e. The van der Waals surface area contributed by atoms with Gasteiger partial charge in [-0.05, 0) is 24.6 Å². The fourth-order valence-corrected chi connectivity index (χ4v) is 1.69. The second-order valence-electron chi connectivity index (χ2n) is 4.22. The van der Waals surface area contributed by atoms with E-state index >= 15 is 0 Å². The molecule has 0 unspecified atom stereocenters. The lowest BCUT2D eigenvalue weighted by atomic mass is 10.1. The van der Waals surface area contributed by atoms with Crippen LogP contribution < -0.4 is 5.32 Å². The summed E-state index contributed by atoms with van der Waals surface area (Å²) >= 11 is 0. The lowest BCUT2D eigenvalue weighted by Gasteiger charge is -2.10. The van der Waals surface area contributed by atoms with Crippen LogP contribution in [0.25, 0.3) is 0 Å². The zero-order valence-corrected chi connectivity index (χ0v) is 10.2. The number of rotatable bonds is 3.